The molecular formula is C27H20N2O3. The average Bonchev–Trinajstić information content (AvgIpc) is 2.80. The van der Waals surface area contributed by atoms with Crippen molar-refractivity contribution in [3.8, 4) is 11.3 Å². The van der Waals surface area contributed by atoms with Crippen molar-refractivity contribution in [2.75, 3.05) is 5.32 Å². The summed E-state index contributed by atoms with van der Waals surface area (Å²) in [6.07, 6.45) is 1.70. The number of aromatic nitrogens is 1. The first-order valence-corrected chi connectivity index (χ1v) is 10.3. The van der Waals surface area contributed by atoms with E-state index in [-0.39, 0.29) is 11.3 Å². The Labute approximate surface area is 184 Å². The summed E-state index contributed by atoms with van der Waals surface area (Å²) in [6.45, 7) is 3.88. The molecule has 5 aromatic rings. The number of rotatable bonds is 3. The van der Waals surface area contributed by atoms with Gasteiger partial charge in [-0.25, -0.2) is 0 Å². The van der Waals surface area contributed by atoms with Gasteiger partial charge in [0.15, 0.2) is 5.43 Å². The SMILES string of the molecule is Cc1cc(C)c2oc(-c3ccc(C(=O)Nc4cccc5cccnc45)cc3)cc(=O)c2c1. The van der Waals surface area contributed by atoms with Crippen LogP contribution in [0.1, 0.15) is 21.5 Å². The zero-order valence-corrected chi connectivity index (χ0v) is 17.7. The molecular weight excluding hydrogens is 400 g/mol. The van der Waals surface area contributed by atoms with Gasteiger partial charge < -0.3 is 9.73 Å². The number of benzene rings is 3. The Kier molecular flexibility index (Phi) is 4.79. The van der Waals surface area contributed by atoms with Gasteiger partial charge in [0.25, 0.3) is 5.91 Å². The fourth-order valence-electron chi connectivity index (χ4n) is 3.94. The van der Waals surface area contributed by atoms with Gasteiger partial charge in [0.05, 0.1) is 16.6 Å². The second kappa shape index (κ2) is 7.78. The van der Waals surface area contributed by atoms with Gasteiger partial charge in [0, 0.05) is 28.8 Å². The summed E-state index contributed by atoms with van der Waals surface area (Å²) in [7, 11) is 0. The molecule has 0 radical (unpaired) electrons. The van der Waals surface area contributed by atoms with E-state index < -0.39 is 0 Å². The van der Waals surface area contributed by atoms with E-state index in [1.807, 2.05) is 56.3 Å². The van der Waals surface area contributed by atoms with Gasteiger partial charge in [-0.15, -0.1) is 0 Å². The number of carbonyl (C=O) groups excluding carboxylic acids is 1. The molecule has 0 saturated heterocycles. The Bertz CT molecular complexity index is 1540. The quantitative estimate of drug-likeness (QED) is 0.396. The van der Waals surface area contributed by atoms with Crippen LogP contribution < -0.4 is 10.7 Å². The van der Waals surface area contributed by atoms with Crippen LogP contribution in [0.5, 0.6) is 0 Å². The molecule has 0 aliphatic carbocycles. The molecule has 1 amide bonds. The molecule has 0 spiro atoms. The molecule has 0 fully saturated rings. The number of nitrogens with zero attached hydrogens (tertiary/aromatic N) is 1. The van der Waals surface area contributed by atoms with Crippen LogP contribution in [-0.4, -0.2) is 10.9 Å². The van der Waals surface area contributed by atoms with Gasteiger partial charge in [-0.3, -0.25) is 14.6 Å². The van der Waals surface area contributed by atoms with E-state index in [4.69, 9.17) is 4.42 Å². The van der Waals surface area contributed by atoms with Crippen LogP contribution in [0, 0.1) is 13.8 Å². The maximum atomic E-state index is 12.8. The van der Waals surface area contributed by atoms with Crippen molar-refractivity contribution in [1.82, 2.24) is 4.98 Å². The number of carbonyl (C=O) groups is 1. The van der Waals surface area contributed by atoms with Crippen LogP contribution in [0.25, 0.3) is 33.2 Å². The highest BCUT2D eigenvalue weighted by molar-refractivity contribution is 6.08. The van der Waals surface area contributed by atoms with E-state index in [2.05, 4.69) is 10.3 Å². The Morgan fingerprint density at radius 1 is 0.938 bits per heavy atom. The van der Waals surface area contributed by atoms with Gasteiger partial charge in [0.2, 0.25) is 0 Å². The van der Waals surface area contributed by atoms with E-state index in [1.54, 1.807) is 30.5 Å². The summed E-state index contributed by atoms with van der Waals surface area (Å²) in [6, 6.07) is 21.8. The minimum atomic E-state index is -0.235. The molecule has 0 saturated carbocycles. The fourth-order valence-corrected chi connectivity index (χ4v) is 3.94. The van der Waals surface area contributed by atoms with Crippen LogP contribution in [0.3, 0.4) is 0 Å². The number of para-hydroxylation sites is 1. The molecule has 2 aromatic heterocycles. The first-order valence-electron chi connectivity index (χ1n) is 10.3. The van der Waals surface area contributed by atoms with Crippen molar-refractivity contribution in [3.05, 3.63) is 106 Å². The molecule has 0 aliphatic rings. The minimum absolute atomic E-state index is 0.0849. The molecule has 5 nitrogen and oxygen atoms in total. The molecule has 2 heterocycles. The number of aryl methyl sites for hydroxylation is 2. The first-order chi connectivity index (χ1) is 15.5. The number of nitrogens with one attached hydrogen (secondary N) is 1. The zero-order chi connectivity index (χ0) is 22.2. The van der Waals surface area contributed by atoms with Gasteiger partial charge in [-0.05, 0) is 55.3 Å². The Balaban J connectivity index is 1.45. The predicted octanol–water partition coefficient (Wildman–Crippen LogP) is 5.88. The molecule has 5 rings (SSSR count). The molecule has 0 bridgehead atoms. The molecule has 0 unspecified atom stereocenters. The molecule has 5 heteroatoms. The summed E-state index contributed by atoms with van der Waals surface area (Å²) in [4.78, 5) is 29.8. The largest absolute Gasteiger partial charge is 0.456 e. The Morgan fingerprint density at radius 3 is 2.53 bits per heavy atom. The fraction of sp³-hybridized carbons (Fsp3) is 0.0741. The number of fused-ring (bicyclic) bond motifs is 2. The van der Waals surface area contributed by atoms with Gasteiger partial charge in [0.1, 0.15) is 11.3 Å². The lowest BCUT2D eigenvalue weighted by molar-refractivity contribution is 0.102. The Hall–Kier alpha value is -4.25. The average molecular weight is 420 g/mol. The lowest BCUT2D eigenvalue weighted by Crippen LogP contribution is -2.12. The molecule has 32 heavy (non-hydrogen) atoms. The van der Waals surface area contributed by atoms with E-state index >= 15 is 0 Å². The van der Waals surface area contributed by atoms with Gasteiger partial charge in [-0.1, -0.05) is 36.4 Å². The highest BCUT2D eigenvalue weighted by atomic mass is 16.3. The van der Waals surface area contributed by atoms with Crippen LogP contribution in [-0.2, 0) is 0 Å². The molecule has 0 aliphatic heterocycles. The third-order valence-electron chi connectivity index (χ3n) is 5.47. The molecule has 3 aromatic carbocycles. The lowest BCUT2D eigenvalue weighted by Gasteiger charge is -2.09. The molecule has 1 N–H and O–H groups in total. The number of anilines is 1. The third kappa shape index (κ3) is 3.54. The van der Waals surface area contributed by atoms with Crippen LogP contribution in [0.4, 0.5) is 5.69 Å². The second-order valence-electron chi connectivity index (χ2n) is 7.85. The van der Waals surface area contributed by atoms with E-state index in [9.17, 15) is 9.59 Å². The molecule has 156 valence electrons. The topological polar surface area (TPSA) is 72.2 Å². The van der Waals surface area contributed by atoms with Gasteiger partial charge >= 0.3 is 0 Å². The monoisotopic (exact) mass is 420 g/mol. The smallest absolute Gasteiger partial charge is 0.255 e. The van der Waals surface area contributed by atoms with Gasteiger partial charge in [-0.2, -0.15) is 0 Å². The van der Waals surface area contributed by atoms with E-state index in [0.29, 0.717) is 28.0 Å². The third-order valence-corrected chi connectivity index (χ3v) is 5.47. The van der Waals surface area contributed by atoms with Crippen LogP contribution in [0.15, 0.2) is 88.2 Å². The standard InChI is InChI=1S/C27H20N2O3/c1-16-13-17(2)26-21(14-16)23(30)15-24(32-26)18-8-10-20(11-9-18)27(31)29-22-7-3-5-19-6-4-12-28-25(19)22/h3-15H,1-2H3,(H,29,31). The van der Waals surface area contributed by atoms with Crippen molar-refractivity contribution < 1.29 is 9.21 Å². The summed E-state index contributed by atoms with van der Waals surface area (Å²) < 4.78 is 6.05. The van der Waals surface area contributed by atoms with Crippen molar-refractivity contribution in [2.24, 2.45) is 0 Å². The minimum Gasteiger partial charge on any atom is -0.456 e. The highest BCUT2D eigenvalue weighted by Gasteiger charge is 2.12. The normalized spacial score (nSPS) is 11.1. The van der Waals surface area contributed by atoms with Crippen molar-refractivity contribution >= 4 is 33.5 Å². The summed E-state index contributed by atoms with van der Waals surface area (Å²) in [5.41, 5.74) is 5.06. The second-order valence-corrected chi connectivity index (χ2v) is 7.85. The van der Waals surface area contributed by atoms with Crippen molar-refractivity contribution in [1.29, 1.82) is 0 Å². The maximum Gasteiger partial charge on any atom is 0.255 e. The molecule has 0 atom stereocenters. The number of hydrogen-bond acceptors (Lipinski definition) is 4. The van der Waals surface area contributed by atoms with Crippen molar-refractivity contribution in [3.63, 3.8) is 0 Å². The predicted molar refractivity (Wildman–Crippen MR) is 127 cm³/mol. The van der Waals surface area contributed by atoms with Crippen molar-refractivity contribution in [2.45, 2.75) is 13.8 Å². The van der Waals surface area contributed by atoms with E-state index in [0.717, 1.165) is 27.6 Å². The van der Waals surface area contributed by atoms with E-state index in [1.165, 1.54) is 6.07 Å². The summed E-state index contributed by atoms with van der Waals surface area (Å²) >= 11 is 0. The number of amides is 1. The maximum absolute atomic E-state index is 12.8. The number of pyridine rings is 1. The van der Waals surface area contributed by atoms with Crippen LogP contribution in [0.2, 0.25) is 0 Å². The lowest BCUT2D eigenvalue weighted by atomic mass is 10.1. The Morgan fingerprint density at radius 2 is 1.72 bits per heavy atom. The summed E-state index contributed by atoms with van der Waals surface area (Å²) in [5, 5.41) is 4.46. The highest BCUT2D eigenvalue weighted by Crippen LogP contribution is 2.26. The summed E-state index contributed by atoms with van der Waals surface area (Å²) in [5.74, 6) is 0.237. The number of hydrogen-bond donors (Lipinski definition) is 1. The zero-order valence-electron chi connectivity index (χ0n) is 17.7. The first kappa shape index (κ1) is 19.7. The van der Waals surface area contributed by atoms with Crippen LogP contribution >= 0.6 is 0 Å².